The Morgan fingerprint density at radius 2 is 2.43 bits per heavy atom. The Morgan fingerprint density at radius 1 is 1.71 bits per heavy atom. The van der Waals surface area contributed by atoms with E-state index < -0.39 is 0 Å². The molecule has 0 aliphatic heterocycles. The zero-order valence-corrected chi connectivity index (χ0v) is 4.59. The van der Waals surface area contributed by atoms with E-state index in [1.165, 1.54) is 0 Å². The SMILES string of the molecule is C=NCCC=NC. The Hall–Kier alpha value is -0.660. The summed E-state index contributed by atoms with van der Waals surface area (Å²) in [6, 6.07) is 0. The second kappa shape index (κ2) is 5.34. The van der Waals surface area contributed by atoms with Gasteiger partial charge in [0.25, 0.3) is 0 Å². The van der Waals surface area contributed by atoms with Gasteiger partial charge >= 0.3 is 0 Å². The second-order valence-electron chi connectivity index (χ2n) is 1.18. The van der Waals surface area contributed by atoms with Gasteiger partial charge in [0.1, 0.15) is 0 Å². The third-order valence-corrected chi connectivity index (χ3v) is 0.599. The summed E-state index contributed by atoms with van der Waals surface area (Å²) >= 11 is 0. The Kier molecular flexibility index (Phi) is 4.84. The van der Waals surface area contributed by atoms with Crippen LogP contribution in [0.15, 0.2) is 9.98 Å². The van der Waals surface area contributed by atoms with E-state index in [0.29, 0.717) is 0 Å². The van der Waals surface area contributed by atoms with Crippen molar-refractivity contribution in [3.05, 3.63) is 0 Å². The first-order valence-electron chi connectivity index (χ1n) is 2.25. The van der Waals surface area contributed by atoms with Gasteiger partial charge in [0.2, 0.25) is 0 Å². The van der Waals surface area contributed by atoms with E-state index in [0.717, 1.165) is 13.0 Å². The van der Waals surface area contributed by atoms with Crippen LogP contribution in [0.1, 0.15) is 6.42 Å². The molecule has 0 saturated carbocycles. The van der Waals surface area contributed by atoms with Gasteiger partial charge in [0, 0.05) is 26.2 Å². The maximum atomic E-state index is 3.76. The molecule has 0 heterocycles. The lowest BCUT2D eigenvalue weighted by Gasteiger charge is -1.79. The molecule has 2 nitrogen and oxygen atoms in total. The molecule has 0 aromatic rings. The van der Waals surface area contributed by atoms with Gasteiger partial charge in [-0.05, 0) is 6.72 Å². The number of hydrogen-bond acceptors (Lipinski definition) is 2. The molecule has 0 unspecified atom stereocenters. The molecule has 0 aliphatic carbocycles. The lowest BCUT2D eigenvalue weighted by Crippen LogP contribution is -1.78. The summed E-state index contributed by atoms with van der Waals surface area (Å²) in [6.07, 6.45) is 2.74. The van der Waals surface area contributed by atoms with Crippen LogP contribution in [0.25, 0.3) is 0 Å². The standard InChI is InChI=1S/C5H10N2/c1-6-4-3-5-7-2/h5H,1,3-4H2,2H3. The van der Waals surface area contributed by atoms with Gasteiger partial charge in [-0.1, -0.05) is 0 Å². The molecular weight excluding hydrogens is 88.1 g/mol. The van der Waals surface area contributed by atoms with E-state index in [1.807, 2.05) is 6.21 Å². The predicted molar refractivity (Wildman–Crippen MR) is 33.4 cm³/mol. The molecule has 0 aliphatic rings. The van der Waals surface area contributed by atoms with Crippen LogP contribution in [-0.2, 0) is 0 Å². The van der Waals surface area contributed by atoms with Crippen molar-refractivity contribution in [2.75, 3.05) is 13.6 Å². The third-order valence-electron chi connectivity index (χ3n) is 0.599. The van der Waals surface area contributed by atoms with Crippen LogP contribution in [0.2, 0.25) is 0 Å². The second-order valence-corrected chi connectivity index (χ2v) is 1.18. The summed E-state index contributed by atoms with van der Waals surface area (Å²) in [5, 5.41) is 0. The van der Waals surface area contributed by atoms with Gasteiger partial charge in [0.05, 0.1) is 0 Å². The number of rotatable bonds is 3. The Labute approximate surface area is 44.0 Å². The van der Waals surface area contributed by atoms with Crippen LogP contribution in [-0.4, -0.2) is 26.5 Å². The highest BCUT2D eigenvalue weighted by Crippen LogP contribution is 1.71. The van der Waals surface area contributed by atoms with E-state index in [4.69, 9.17) is 0 Å². The lowest BCUT2D eigenvalue weighted by atomic mass is 10.5. The van der Waals surface area contributed by atoms with Crippen molar-refractivity contribution in [2.45, 2.75) is 6.42 Å². The van der Waals surface area contributed by atoms with Crippen LogP contribution < -0.4 is 0 Å². The van der Waals surface area contributed by atoms with Gasteiger partial charge in [-0.15, -0.1) is 0 Å². The van der Waals surface area contributed by atoms with Crippen molar-refractivity contribution in [2.24, 2.45) is 9.98 Å². The highest BCUT2D eigenvalue weighted by Gasteiger charge is 1.70. The third kappa shape index (κ3) is 5.34. The molecule has 0 aromatic heterocycles. The molecule has 0 N–H and O–H groups in total. The maximum Gasteiger partial charge on any atom is 0.0431 e. The van der Waals surface area contributed by atoms with Crippen molar-refractivity contribution in [3.63, 3.8) is 0 Å². The fraction of sp³-hybridized carbons (Fsp3) is 0.600. The molecule has 0 saturated heterocycles. The summed E-state index contributed by atoms with van der Waals surface area (Å²) in [5.41, 5.74) is 0. The predicted octanol–water partition coefficient (Wildman–Crippen LogP) is 0.778. The van der Waals surface area contributed by atoms with Gasteiger partial charge < -0.3 is 9.98 Å². The first kappa shape index (κ1) is 6.34. The zero-order chi connectivity index (χ0) is 5.54. The zero-order valence-electron chi connectivity index (χ0n) is 4.59. The minimum Gasteiger partial charge on any atom is -0.301 e. The van der Waals surface area contributed by atoms with Gasteiger partial charge in [-0.2, -0.15) is 0 Å². The molecule has 40 valence electrons. The quantitative estimate of drug-likeness (QED) is 0.368. The summed E-state index contributed by atoms with van der Waals surface area (Å²) in [5.74, 6) is 0. The molecular formula is C5H10N2. The molecule has 0 radical (unpaired) electrons. The molecule has 2 heteroatoms. The van der Waals surface area contributed by atoms with E-state index in [2.05, 4.69) is 16.7 Å². The minimum absolute atomic E-state index is 0.789. The Morgan fingerprint density at radius 3 is 2.86 bits per heavy atom. The Bertz CT molecular complexity index is 66.5. The molecule has 0 aromatic carbocycles. The highest BCUT2D eigenvalue weighted by atomic mass is 14.7. The molecule has 0 amide bonds. The van der Waals surface area contributed by atoms with Crippen molar-refractivity contribution in [3.8, 4) is 0 Å². The molecule has 0 fully saturated rings. The molecule has 0 atom stereocenters. The lowest BCUT2D eigenvalue weighted by molar-refractivity contribution is 1.06. The van der Waals surface area contributed by atoms with E-state index in [1.54, 1.807) is 7.05 Å². The molecule has 7 heavy (non-hydrogen) atoms. The smallest absolute Gasteiger partial charge is 0.0431 e. The van der Waals surface area contributed by atoms with Gasteiger partial charge in [-0.3, -0.25) is 0 Å². The Balaban J connectivity index is 2.82. The van der Waals surface area contributed by atoms with E-state index >= 15 is 0 Å². The average molecular weight is 98.1 g/mol. The highest BCUT2D eigenvalue weighted by molar-refractivity contribution is 5.57. The normalized spacial score (nSPS) is 9.86. The molecule has 0 bridgehead atoms. The minimum atomic E-state index is 0.789. The largest absolute Gasteiger partial charge is 0.301 e. The van der Waals surface area contributed by atoms with Crippen LogP contribution in [0, 0.1) is 0 Å². The number of aliphatic imine (C=N–C) groups is 2. The fourth-order valence-corrected chi connectivity index (χ4v) is 0.278. The van der Waals surface area contributed by atoms with E-state index in [9.17, 15) is 0 Å². The van der Waals surface area contributed by atoms with Crippen LogP contribution in [0.3, 0.4) is 0 Å². The summed E-state index contributed by atoms with van der Waals surface area (Å²) < 4.78 is 0. The first-order chi connectivity index (χ1) is 3.41. The summed E-state index contributed by atoms with van der Waals surface area (Å²) in [7, 11) is 1.75. The van der Waals surface area contributed by atoms with Crippen molar-refractivity contribution < 1.29 is 0 Å². The van der Waals surface area contributed by atoms with Crippen LogP contribution in [0.4, 0.5) is 0 Å². The number of nitrogens with zero attached hydrogens (tertiary/aromatic N) is 2. The van der Waals surface area contributed by atoms with Gasteiger partial charge in [-0.25, -0.2) is 0 Å². The van der Waals surface area contributed by atoms with Crippen molar-refractivity contribution in [1.82, 2.24) is 0 Å². The van der Waals surface area contributed by atoms with Gasteiger partial charge in [0.15, 0.2) is 0 Å². The monoisotopic (exact) mass is 98.1 g/mol. The van der Waals surface area contributed by atoms with Crippen molar-refractivity contribution >= 4 is 12.9 Å². The maximum absolute atomic E-state index is 3.76. The van der Waals surface area contributed by atoms with E-state index in [-0.39, 0.29) is 0 Å². The average Bonchev–Trinajstić information content (AvgIpc) is 1.69. The summed E-state index contributed by atoms with van der Waals surface area (Å²) in [6.45, 7) is 4.11. The number of hydrogen-bond donors (Lipinski definition) is 0. The van der Waals surface area contributed by atoms with Crippen LogP contribution >= 0.6 is 0 Å². The topological polar surface area (TPSA) is 24.7 Å². The van der Waals surface area contributed by atoms with Crippen molar-refractivity contribution in [1.29, 1.82) is 0 Å². The fourth-order valence-electron chi connectivity index (χ4n) is 0.278. The first-order valence-corrected chi connectivity index (χ1v) is 2.25. The molecule has 0 spiro atoms. The van der Waals surface area contributed by atoms with Crippen LogP contribution in [0.5, 0.6) is 0 Å². The summed E-state index contributed by atoms with van der Waals surface area (Å²) in [4.78, 5) is 7.39. The molecule has 0 rings (SSSR count).